The van der Waals surface area contributed by atoms with Gasteiger partial charge >= 0.3 is 0 Å². The van der Waals surface area contributed by atoms with Crippen LogP contribution < -0.4 is 5.32 Å². The summed E-state index contributed by atoms with van der Waals surface area (Å²) in [6.07, 6.45) is 2.32. The SMILES string of the molecule is CC(C)[C@H](CO)Nc1ccc(-c2nc(Cc3ccccc3)no2)cn1. The Morgan fingerprint density at radius 1 is 1.12 bits per heavy atom. The fourth-order valence-electron chi connectivity index (χ4n) is 2.44. The first-order chi connectivity index (χ1) is 12.2. The highest BCUT2D eigenvalue weighted by Crippen LogP contribution is 2.19. The summed E-state index contributed by atoms with van der Waals surface area (Å²) < 4.78 is 5.34. The molecule has 1 atom stereocenters. The molecule has 0 aliphatic carbocycles. The maximum Gasteiger partial charge on any atom is 0.259 e. The highest BCUT2D eigenvalue weighted by atomic mass is 16.5. The Morgan fingerprint density at radius 3 is 2.56 bits per heavy atom. The number of anilines is 1. The van der Waals surface area contributed by atoms with E-state index >= 15 is 0 Å². The predicted molar refractivity (Wildman–Crippen MR) is 96.1 cm³/mol. The van der Waals surface area contributed by atoms with E-state index < -0.39 is 0 Å². The van der Waals surface area contributed by atoms with E-state index in [2.05, 4.69) is 34.3 Å². The van der Waals surface area contributed by atoms with Crippen LogP contribution >= 0.6 is 0 Å². The maximum atomic E-state index is 9.39. The van der Waals surface area contributed by atoms with Crippen LogP contribution in [0.15, 0.2) is 53.2 Å². The summed E-state index contributed by atoms with van der Waals surface area (Å²) in [5.74, 6) is 2.11. The molecular weight excluding hydrogens is 316 g/mol. The zero-order chi connectivity index (χ0) is 17.6. The van der Waals surface area contributed by atoms with Gasteiger partial charge in [0.05, 0.1) is 18.2 Å². The second-order valence-electron chi connectivity index (χ2n) is 6.29. The van der Waals surface area contributed by atoms with E-state index in [4.69, 9.17) is 4.52 Å². The first-order valence-electron chi connectivity index (χ1n) is 8.36. The maximum absolute atomic E-state index is 9.39. The van der Waals surface area contributed by atoms with E-state index in [9.17, 15) is 5.11 Å². The lowest BCUT2D eigenvalue weighted by molar-refractivity contribution is 0.249. The summed E-state index contributed by atoms with van der Waals surface area (Å²) >= 11 is 0. The van der Waals surface area contributed by atoms with Gasteiger partial charge < -0.3 is 14.9 Å². The van der Waals surface area contributed by atoms with E-state index in [-0.39, 0.29) is 12.6 Å². The summed E-state index contributed by atoms with van der Waals surface area (Å²) in [6.45, 7) is 4.16. The van der Waals surface area contributed by atoms with Crippen LogP contribution in [0.1, 0.15) is 25.2 Å². The van der Waals surface area contributed by atoms with E-state index in [1.54, 1.807) is 6.20 Å². The minimum absolute atomic E-state index is 0.0285. The van der Waals surface area contributed by atoms with Gasteiger partial charge in [-0.2, -0.15) is 4.98 Å². The van der Waals surface area contributed by atoms with Crippen molar-refractivity contribution in [2.45, 2.75) is 26.3 Å². The molecule has 3 aromatic rings. The molecule has 2 aromatic heterocycles. The fourth-order valence-corrected chi connectivity index (χ4v) is 2.44. The quantitative estimate of drug-likeness (QED) is 0.688. The Labute approximate surface area is 146 Å². The molecule has 0 saturated carbocycles. The Morgan fingerprint density at radius 2 is 1.92 bits per heavy atom. The van der Waals surface area contributed by atoms with Crippen LogP contribution in [0.5, 0.6) is 0 Å². The van der Waals surface area contributed by atoms with Crippen molar-refractivity contribution in [2.24, 2.45) is 5.92 Å². The number of nitrogens with zero attached hydrogens (tertiary/aromatic N) is 3. The first kappa shape index (κ1) is 17.1. The number of aliphatic hydroxyl groups is 1. The molecule has 1 aromatic carbocycles. The minimum Gasteiger partial charge on any atom is -0.394 e. The molecule has 0 aliphatic rings. The van der Waals surface area contributed by atoms with Crippen molar-refractivity contribution in [2.75, 3.05) is 11.9 Å². The van der Waals surface area contributed by atoms with Gasteiger partial charge in [0.25, 0.3) is 5.89 Å². The summed E-state index contributed by atoms with van der Waals surface area (Å²) in [6, 6.07) is 13.7. The van der Waals surface area contributed by atoms with Crippen LogP contribution in [0.2, 0.25) is 0 Å². The van der Waals surface area contributed by atoms with Crippen LogP contribution in [0.25, 0.3) is 11.5 Å². The zero-order valence-electron chi connectivity index (χ0n) is 14.4. The van der Waals surface area contributed by atoms with Crippen molar-refractivity contribution in [3.05, 3.63) is 60.0 Å². The van der Waals surface area contributed by atoms with Gasteiger partial charge in [-0.1, -0.05) is 49.3 Å². The fraction of sp³-hybridized carbons (Fsp3) is 0.316. The Balaban J connectivity index is 1.68. The van der Waals surface area contributed by atoms with Gasteiger partial charge in [-0.15, -0.1) is 0 Å². The van der Waals surface area contributed by atoms with Crippen LogP contribution in [0.3, 0.4) is 0 Å². The molecular formula is C19H22N4O2. The molecule has 2 heterocycles. The van der Waals surface area contributed by atoms with Crippen molar-refractivity contribution < 1.29 is 9.63 Å². The number of rotatable bonds is 7. The van der Waals surface area contributed by atoms with Gasteiger partial charge in [0.2, 0.25) is 0 Å². The predicted octanol–water partition coefficient (Wildman–Crippen LogP) is 3.15. The number of benzene rings is 1. The molecule has 0 bridgehead atoms. The van der Waals surface area contributed by atoms with E-state index in [1.807, 2.05) is 42.5 Å². The molecule has 0 unspecified atom stereocenters. The topological polar surface area (TPSA) is 84.1 Å². The second-order valence-corrected chi connectivity index (χ2v) is 6.29. The lowest BCUT2D eigenvalue weighted by Crippen LogP contribution is -2.29. The number of aromatic nitrogens is 3. The highest BCUT2D eigenvalue weighted by molar-refractivity contribution is 5.54. The monoisotopic (exact) mass is 338 g/mol. The van der Waals surface area contributed by atoms with Gasteiger partial charge in [-0.25, -0.2) is 4.98 Å². The molecule has 25 heavy (non-hydrogen) atoms. The summed E-state index contributed by atoms with van der Waals surface area (Å²) in [5.41, 5.74) is 1.90. The van der Waals surface area contributed by atoms with Crippen molar-refractivity contribution >= 4 is 5.82 Å². The van der Waals surface area contributed by atoms with Gasteiger partial charge in [-0.3, -0.25) is 0 Å². The van der Waals surface area contributed by atoms with Crippen molar-refractivity contribution in [1.82, 2.24) is 15.1 Å². The van der Waals surface area contributed by atoms with Gasteiger partial charge in [-0.05, 0) is 23.6 Å². The lowest BCUT2D eigenvalue weighted by atomic mass is 10.1. The number of aliphatic hydroxyl groups excluding tert-OH is 1. The zero-order valence-corrected chi connectivity index (χ0v) is 14.4. The molecule has 6 heteroatoms. The molecule has 0 fully saturated rings. The van der Waals surface area contributed by atoms with Crippen molar-refractivity contribution in [3.8, 4) is 11.5 Å². The number of pyridine rings is 1. The number of hydrogen-bond donors (Lipinski definition) is 2. The van der Waals surface area contributed by atoms with Crippen molar-refractivity contribution in [1.29, 1.82) is 0 Å². The van der Waals surface area contributed by atoms with Crippen molar-refractivity contribution in [3.63, 3.8) is 0 Å². The molecule has 0 amide bonds. The molecule has 3 rings (SSSR count). The molecule has 0 aliphatic heterocycles. The first-order valence-corrected chi connectivity index (χ1v) is 8.36. The molecule has 0 saturated heterocycles. The average molecular weight is 338 g/mol. The third kappa shape index (κ3) is 4.42. The Hall–Kier alpha value is -2.73. The molecule has 6 nitrogen and oxygen atoms in total. The van der Waals surface area contributed by atoms with Gasteiger partial charge in [0, 0.05) is 12.6 Å². The smallest absolute Gasteiger partial charge is 0.259 e. The normalized spacial score (nSPS) is 12.3. The standard InChI is InChI=1S/C19H22N4O2/c1-13(2)16(12-24)21-17-9-8-15(11-20-17)19-22-18(23-25-19)10-14-6-4-3-5-7-14/h3-9,11,13,16,24H,10,12H2,1-2H3,(H,20,21)/t16-/m0/s1. The van der Waals surface area contributed by atoms with E-state index in [0.29, 0.717) is 29.9 Å². The van der Waals surface area contributed by atoms with Gasteiger partial charge in [0.15, 0.2) is 5.82 Å². The Kier molecular flexibility index (Phi) is 5.40. The molecule has 0 spiro atoms. The minimum atomic E-state index is -0.0285. The average Bonchev–Trinajstić information content (AvgIpc) is 3.09. The van der Waals surface area contributed by atoms with E-state index in [1.165, 1.54) is 0 Å². The molecule has 130 valence electrons. The number of nitrogens with one attached hydrogen (secondary N) is 1. The summed E-state index contributed by atoms with van der Waals surface area (Å²) in [4.78, 5) is 8.80. The van der Waals surface area contributed by atoms with Crippen LogP contribution in [0, 0.1) is 5.92 Å². The highest BCUT2D eigenvalue weighted by Gasteiger charge is 2.13. The summed E-state index contributed by atoms with van der Waals surface area (Å²) in [7, 11) is 0. The lowest BCUT2D eigenvalue weighted by Gasteiger charge is -2.20. The van der Waals surface area contributed by atoms with Gasteiger partial charge in [0.1, 0.15) is 5.82 Å². The van der Waals surface area contributed by atoms with Crippen LogP contribution in [0.4, 0.5) is 5.82 Å². The van der Waals surface area contributed by atoms with Crippen LogP contribution in [-0.2, 0) is 6.42 Å². The third-order valence-electron chi connectivity index (χ3n) is 4.02. The second kappa shape index (κ2) is 7.90. The summed E-state index contributed by atoms with van der Waals surface area (Å²) in [5, 5.41) is 16.6. The molecule has 2 N–H and O–H groups in total. The molecule has 0 radical (unpaired) electrons. The third-order valence-corrected chi connectivity index (χ3v) is 4.02. The number of hydrogen-bond acceptors (Lipinski definition) is 6. The largest absolute Gasteiger partial charge is 0.394 e. The van der Waals surface area contributed by atoms with E-state index in [0.717, 1.165) is 11.1 Å². The Bertz CT molecular complexity index is 785. The van der Waals surface area contributed by atoms with Crippen LogP contribution in [-0.4, -0.2) is 32.9 Å².